The number of morpholine rings is 1. The van der Waals surface area contributed by atoms with E-state index < -0.39 is 10.0 Å². The fourth-order valence-corrected chi connectivity index (χ4v) is 5.88. The molecular formula is C24H28N2O5S. The molecule has 2 aromatic carbocycles. The fourth-order valence-electron chi connectivity index (χ4n) is 4.22. The molecule has 0 spiro atoms. The van der Waals surface area contributed by atoms with Crippen molar-refractivity contribution in [1.29, 1.82) is 0 Å². The van der Waals surface area contributed by atoms with Gasteiger partial charge >= 0.3 is 0 Å². The largest absolute Gasteiger partial charge is 0.379 e. The van der Waals surface area contributed by atoms with Crippen LogP contribution in [-0.4, -0.2) is 50.7 Å². The van der Waals surface area contributed by atoms with Crippen molar-refractivity contribution in [2.75, 3.05) is 31.6 Å². The molecule has 0 saturated carbocycles. The van der Waals surface area contributed by atoms with Crippen LogP contribution in [0.15, 0.2) is 41.3 Å². The van der Waals surface area contributed by atoms with Gasteiger partial charge in [-0.3, -0.25) is 9.59 Å². The van der Waals surface area contributed by atoms with Gasteiger partial charge in [-0.15, -0.1) is 0 Å². The van der Waals surface area contributed by atoms with Crippen LogP contribution in [0.1, 0.15) is 46.3 Å². The summed E-state index contributed by atoms with van der Waals surface area (Å²) in [5.41, 5.74) is 4.20. The number of benzene rings is 2. The summed E-state index contributed by atoms with van der Waals surface area (Å²) in [6.07, 6.45) is 3.33. The Morgan fingerprint density at radius 3 is 2.53 bits per heavy atom. The summed E-state index contributed by atoms with van der Waals surface area (Å²) in [5.74, 6) is -0.382. The van der Waals surface area contributed by atoms with Crippen molar-refractivity contribution in [3.05, 3.63) is 58.7 Å². The standard InChI is InChI=1S/C24H28N2O5S/c1-17-5-8-21(16-23(17)32(29,30)26-11-13-31-14-12-26)25-24(28)10-9-22(27)20-7-6-18-3-2-4-19(18)15-20/h5-8,15-16H,2-4,9-14H2,1H3,(H,25,28). The molecule has 1 fully saturated rings. The molecule has 0 unspecified atom stereocenters. The first-order valence-electron chi connectivity index (χ1n) is 11.0. The number of hydrogen-bond acceptors (Lipinski definition) is 5. The summed E-state index contributed by atoms with van der Waals surface area (Å²) >= 11 is 0. The number of amides is 1. The van der Waals surface area contributed by atoms with Crippen LogP contribution < -0.4 is 5.32 Å². The number of nitrogens with one attached hydrogen (secondary N) is 1. The molecule has 170 valence electrons. The van der Waals surface area contributed by atoms with Gasteiger partial charge in [-0.2, -0.15) is 4.31 Å². The Hall–Kier alpha value is -2.55. The molecule has 0 atom stereocenters. The number of ketones is 1. The number of carbonyl (C=O) groups is 2. The lowest BCUT2D eigenvalue weighted by Gasteiger charge is -2.26. The van der Waals surface area contributed by atoms with Gasteiger partial charge in [0, 0.05) is 37.2 Å². The van der Waals surface area contributed by atoms with Gasteiger partial charge in [0.2, 0.25) is 15.9 Å². The number of aryl methyl sites for hydroxylation is 3. The van der Waals surface area contributed by atoms with Gasteiger partial charge in [0.25, 0.3) is 0 Å². The minimum Gasteiger partial charge on any atom is -0.379 e. The zero-order valence-corrected chi connectivity index (χ0v) is 19.0. The topological polar surface area (TPSA) is 92.8 Å². The average Bonchev–Trinajstić information content (AvgIpc) is 3.27. The second kappa shape index (κ2) is 9.52. The molecule has 0 aromatic heterocycles. The van der Waals surface area contributed by atoms with Gasteiger partial charge < -0.3 is 10.1 Å². The third-order valence-electron chi connectivity index (χ3n) is 6.06. The van der Waals surface area contributed by atoms with Crippen molar-refractivity contribution in [1.82, 2.24) is 4.31 Å². The maximum atomic E-state index is 13.0. The Balaban J connectivity index is 1.39. The van der Waals surface area contributed by atoms with Crippen molar-refractivity contribution in [3.63, 3.8) is 0 Å². The van der Waals surface area contributed by atoms with Crippen LogP contribution in [0.2, 0.25) is 0 Å². The highest BCUT2D eigenvalue weighted by Crippen LogP contribution is 2.25. The summed E-state index contributed by atoms with van der Waals surface area (Å²) in [5, 5.41) is 2.73. The minimum atomic E-state index is -3.67. The van der Waals surface area contributed by atoms with Crippen LogP contribution in [0.4, 0.5) is 5.69 Å². The molecule has 1 heterocycles. The molecule has 0 bridgehead atoms. The van der Waals surface area contributed by atoms with E-state index in [1.165, 1.54) is 21.5 Å². The zero-order chi connectivity index (χ0) is 22.7. The number of nitrogens with zero attached hydrogens (tertiary/aromatic N) is 1. The number of rotatable bonds is 7. The Kier molecular flexibility index (Phi) is 6.74. The zero-order valence-electron chi connectivity index (χ0n) is 18.2. The first kappa shape index (κ1) is 22.6. The van der Waals surface area contributed by atoms with E-state index in [0.29, 0.717) is 43.1 Å². The molecular weight excluding hydrogens is 428 g/mol. The van der Waals surface area contributed by atoms with Crippen molar-refractivity contribution in [2.45, 2.75) is 43.9 Å². The van der Waals surface area contributed by atoms with E-state index in [0.717, 1.165) is 19.3 Å². The monoisotopic (exact) mass is 456 g/mol. The lowest BCUT2D eigenvalue weighted by atomic mass is 10.0. The molecule has 1 aliphatic heterocycles. The molecule has 1 saturated heterocycles. The number of anilines is 1. The lowest BCUT2D eigenvalue weighted by Crippen LogP contribution is -2.40. The van der Waals surface area contributed by atoms with Crippen LogP contribution in [-0.2, 0) is 32.4 Å². The van der Waals surface area contributed by atoms with Gasteiger partial charge in [-0.05, 0) is 61.1 Å². The molecule has 0 radical (unpaired) electrons. The molecule has 32 heavy (non-hydrogen) atoms. The van der Waals surface area contributed by atoms with Crippen LogP contribution in [0.5, 0.6) is 0 Å². The number of sulfonamides is 1. The average molecular weight is 457 g/mol. The number of carbonyl (C=O) groups excluding carboxylic acids is 2. The summed E-state index contributed by atoms with van der Waals surface area (Å²) in [4.78, 5) is 25.1. The van der Waals surface area contributed by atoms with E-state index in [-0.39, 0.29) is 29.4 Å². The second-order valence-electron chi connectivity index (χ2n) is 8.31. The van der Waals surface area contributed by atoms with E-state index in [9.17, 15) is 18.0 Å². The lowest BCUT2D eigenvalue weighted by molar-refractivity contribution is -0.116. The minimum absolute atomic E-state index is 0.0370. The highest BCUT2D eigenvalue weighted by Gasteiger charge is 2.28. The molecule has 2 aromatic rings. The van der Waals surface area contributed by atoms with E-state index >= 15 is 0 Å². The van der Waals surface area contributed by atoms with Crippen molar-refractivity contribution >= 4 is 27.4 Å². The fraction of sp³-hybridized carbons (Fsp3) is 0.417. The smallest absolute Gasteiger partial charge is 0.243 e. The number of hydrogen-bond donors (Lipinski definition) is 1. The molecule has 1 N–H and O–H groups in total. The molecule has 2 aliphatic rings. The van der Waals surface area contributed by atoms with Crippen LogP contribution >= 0.6 is 0 Å². The van der Waals surface area contributed by atoms with Crippen LogP contribution in [0, 0.1) is 6.92 Å². The summed E-state index contributed by atoms with van der Waals surface area (Å²) in [6.45, 7) is 3.08. The normalized spacial score (nSPS) is 16.5. The van der Waals surface area contributed by atoms with Crippen molar-refractivity contribution in [3.8, 4) is 0 Å². The molecule has 7 nitrogen and oxygen atoms in total. The maximum absolute atomic E-state index is 13.0. The van der Waals surface area contributed by atoms with Gasteiger partial charge in [-0.1, -0.05) is 18.2 Å². The van der Waals surface area contributed by atoms with E-state index in [2.05, 4.69) is 5.32 Å². The summed E-state index contributed by atoms with van der Waals surface area (Å²) in [6, 6.07) is 10.6. The molecule has 8 heteroatoms. The van der Waals surface area contributed by atoms with Crippen molar-refractivity contribution in [2.24, 2.45) is 0 Å². The Morgan fingerprint density at radius 1 is 1.00 bits per heavy atom. The van der Waals surface area contributed by atoms with E-state index in [1.807, 2.05) is 18.2 Å². The Bertz CT molecular complexity index is 1140. The predicted molar refractivity (Wildman–Crippen MR) is 121 cm³/mol. The summed E-state index contributed by atoms with van der Waals surface area (Å²) < 4.78 is 32.7. The van der Waals surface area contributed by atoms with Gasteiger partial charge in [0.15, 0.2) is 5.78 Å². The van der Waals surface area contributed by atoms with Crippen LogP contribution in [0.3, 0.4) is 0 Å². The number of fused-ring (bicyclic) bond motifs is 1. The first-order valence-corrected chi connectivity index (χ1v) is 12.4. The highest BCUT2D eigenvalue weighted by atomic mass is 32.2. The number of Topliss-reactive ketones (excluding diaryl/α,β-unsaturated/α-hetero) is 1. The SMILES string of the molecule is Cc1ccc(NC(=O)CCC(=O)c2ccc3c(c2)CCC3)cc1S(=O)(=O)N1CCOCC1. The van der Waals surface area contributed by atoms with E-state index in [4.69, 9.17) is 4.74 Å². The van der Waals surface area contributed by atoms with Crippen LogP contribution in [0.25, 0.3) is 0 Å². The van der Waals surface area contributed by atoms with Gasteiger partial charge in [-0.25, -0.2) is 8.42 Å². The van der Waals surface area contributed by atoms with Crippen molar-refractivity contribution < 1.29 is 22.7 Å². The second-order valence-corrected chi connectivity index (χ2v) is 10.2. The van der Waals surface area contributed by atoms with Gasteiger partial charge in [0.05, 0.1) is 18.1 Å². The van der Waals surface area contributed by atoms with Gasteiger partial charge in [0.1, 0.15) is 0 Å². The third-order valence-corrected chi connectivity index (χ3v) is 8.10. The Labute approximate surface area is 188 Å². The predicted octanol–water partition coefficient (Wildman–Crippen LogP) is 3.11. The Morgan fingerprint density at radius 2 is 1.75 bits per heavy atom. The van der Waals surface area contributed by atoms with E-state index in [1.54, 1.807) is 19.1 Å². The molecule has 4 rings (SSSR count). The number of ether oxygens (including phenoxy) is 1. The quantitative estimate of drug-likeness (QED) is 0.647. The maximum Gasteiger partial charge on any atom is 0.243 e. The molecule has 1 aliphatic carbocycles. The third kappa shape index (κ3) is 4.92. The highest BCUT2D eigenvalue weighted by molar-refractivity contribution is 7.89. The summed E-state index contributed by atoms with van der Waals surface area (Å²) in [7, 11) is -3.67. The first-order chi connectivity index (χ1) is 15.3. The molecule has 1 amide bonds.